The van der Waals surface area contributed by atoms with Crippen molar-refractivity contribution in [3.63, 3.8) is 0 Å². The number of rotatable bonds is 8. The van der Waals surface area contributed by atoms with Crippen molar-refractivity contribution in [2.75, 3.05) is 7.11 Å². The normalized spacial score (nSPS) is 10.9. The fourth-order valence-electron chi connectivity index (χ4n) is 2.95. The Morgan fingerprint density at radius 1 is 1.14 bits per heavy atom. The molecule has 0 N–H and O–H groups in total. The van der Waals surface area contributed by atoms with Gasteiger partial charge in [0.1, 0.15) is 5.75 Å². The van der Waals surface area contributed by atoms with Crippen LogP contribution in [0.15, 0.2) is 52.9 Å². The molecule has 0 bridgehead atoms. The second-order valence-corrected chi connectivity index (χ2v) is 7.35. The SMILES string of the molecule is COc1ccc(CCC(=O)N(Cc2nnc(-c3ccccc3Cl)o2)C(C)C)cc1. The lowest BCUT2D eigenvalue weighted by Gasteiger charge is -2.25. The predicted molar refractivity (Wildman–Crippen MR) is 112 cm³/mol. The number of methoxy groups -OCH3 is 1. The average molecular weight is 414 g/mol. The zero-order valence-corrected chi connectivity index (χ0v) is 17.5. The first-order valence-electron chi connectivity index (χ1n) is 9.47. The Balaban J connectivity index is 1.65. The maximum Gasteiger partial charge on any atom is 0.249 e. The molecule has 0 fully saturated rings. The van der Waals surface area contributed by atoms with Gasteiger partial charge in [0.15, 0.2) is 0 Å². The van der Waals surface area contributed by atoms with Crippen LogP contribution in [-0.4, -0.2) is 34.2 Å². The van der Waals surface area contributed by atoms with Crippen LogP contribution in [0.3, 0.4) is 0 Å². The number of halogens is 1. The van der Waals surface area contributed by atoms with Crippen molar-refractivity contribution in [2.24, 2.45) is 0 Å². The standard InChI is InChI=1S/C22H24ClN3O3/c1-15(2)26(21(27)13-10-16-8-11-17(28-3)12-9-16)14-20-24-25-22(29-20)18-6-4-5-7-19(18)23/h4-9,11-12,15H,10,13-14H2,1-3H3. The molecule has 1 heterocycles. The van der Waals surface area contributed by atoms with E-state index < -0.39 is 0 Å². The molecule has 7 heteroatoms. The molecular formula is C22H24ClN3O3. The molecule has 152 valence electrons. The third kappa shape index (κ3) is 5.35. The van der Waals surface area contributed by atoms with Gasteiger partial charge in [-0.1, -0.05) is 35.9 Å². The number of nitrogens with zero attached hydrogens (tertiary/aromatic N) is 3. The number of hydrogen-bond acceptors (Lipinski definition) is 5. The maximum absolute atomic E-state index is 12.8. The zero-order chi connectivity index (χ0) is 20.8. The summed E-state index contributed by atoms with van der Waals surface area (Å²) in [5.74, 6) is 1.56. The van der Waals surface area contributed by atoms with Crippen molar-refractivity contribution >= 4 is 17.5 Å². The van der Waals surface area contributed by atoms with Crippen LogP contribution in [0.4, 0.5) is 0 Å². The highest BCUT2D eigenvalue weighted by Gasteiger charge is 2.21. The molecule has 6 nitrogen and oxygen atoms in total. The van der Waals surface area contributed by atoms with Crippen molar-refractivity contribution in [1.29, 1.82) is 0 Å². The second-order valence-electron chi connectivity index (χ2n) is 6.94. The molecule has 2 aromatic carbocycles. The van der Waals surface area contributed by atoms with E-state index in [4.69, 9.17) is 20.8 Å². The van der Waals surface area contributed by atoms with Gasteiger partial charge < -0.3 is 14.1 Å². The topological polar surface area (TPSA) is 68.5 Å². The summed E-state index contributed by atoms with van der Waals surface area (Å²) in [7, 11) is 1.63. The summed E-state index contributed by atoms with van der Waals surface area (Å²) in [6.45, 7) is 4.20. The molecule has 1 aromatic heterocycles. The molecular weight excluding hydrogens is 390 g/mol. The highest BCUT2D eigenvalue weighted by Crippen LogP contribution is 2.26. The quantitative estimate of drug-likeness (QED) is 0.532. The number of carbonyl (C=O) groups excluding carboxylic acids is 1. The van der Waals surface area contributed by atoms with Crippen LogP contribution in [-0.2, 0) is 17.8 Å². The largest absolute Gasteiger partial charge is 0.497 e. The lowest BCUT2D eigenvalue weighted by molar-refractivity contribution is -0.133. The number of ether oxygens (including phenoxy) is 1. The van der Waals surface area contributed by atoms with E-state index in [1.165, 1.54) is 0 Å². The van der Waals surface area contributed by atoms with Gasteiger partial charge in [0.2, 0.25) is 17.7 Å². The molecule has 29 heavy (non-hydrogen) atoms. The van der Waals surface area contributed by atoms with E-state index >= 15 is 0 Å². The van der Waals surface area contributed by atoms with Gasteiger partial charge in [-0.05, 0) is 50.1 Å². The molecule has 0 spiro atoms. The summed E-state index contributed by atoms with van der Waals surface area (Å²) in [4.78, 5) is 14.6. The summed E-state index contributed by atoms with van der Waals surface area (Å²) in [5, 5.41) is 8.71. The average Bonchev–Trinajstić information content (AvgIpc) is 3.19. The van der Waals surface area contributed by atoms with Crippen LogP contribution in [0.1, 0.15) is 31.7 Å². The Kier molecular flexibility index (Phi) is 6.88. The van der Waals surface area contributed by atoms with Crippen molar-refractivity contribution in [3.8, 4) is 17.2 Å². The van der Waals surface area contributed by atoms with Gasteiger partial charge in [-0.25, -0.2) is 0 Å². The van der Waals surface area contributed by atoms with Crippen molar-refractivity contribution < 1.29 is 13.9 Å². The Morgan fingerprint density at radius 2 is 1.86 bits per heavy atom. The van der Waals surface area contributed by atoms with E-state index in [9.17, 15) is 4.79 Å². The van der Waals surface area contributed by atoms with Crippen LogP contribution in [0, 0.1) is 0 Å². The summed E-state index contributed by atoms with van der Waals surface area (Å²) < 4.78 is 10.9. The van der Waals surface area contributed by atoms with Gasteiger partial charge in [-0.2, -0.15) is 0 Å². The Labute approximate surface area is 175 Å². The summed E-state index contributed by atoms with van der Waals surface area (Å²) in [6.07, 6.45) is 1.05. The summed E-state index contributed by atoms with van der Waals surface area (Å²) >= 11 is 6.19. The van der Waals surface area contributed by atoms with E-state index in [2.05, 4.69) is 10.2 Å². The predicted octanol–water partition coefficient (Wildman–Crippen LogP) is 4.77. The number of benzene rings is 2. The lowest BCUT2D eigenvalue weighted by Crippen LogP contribution is -2.36. The number of carbonyl (C=O) groups is 1. The van der Waals surface area contributed by atoms with Crippen molar-refractivity contribution in [2.45, 2.75) is 39.3 Å². The van der Waals surface area contributed by atoms with Gasteiger partial charge in [0, 0.05) is 12.5 Å². The molecule has 3 aromatic rings. The molecule has 0 saturated heterocycles. The Hall–Kier alpha value is -2.86. The van der Waals surface area contributed by atoms with Gasteiger partial charge in [-0.15, -0.1) is 10.2 Å². The van der Waals surface area contributed by atoms with E-state index in [0.29, 0.717) is 35.2 Å². The zero-order valence-electron chi connectivity index (χ0n) is 16.8. The first-order valence-corrected chi connectivity index (χ1v) is 9.85. The van der Waals surface area contributed by atoms with Gasteiger partial charge in [-0.3, -0.25) is 4.79 Å². The van der Waals surface area contributed by atoms with Crippen molar-refractivity contribution in [1.82, 2.24) is 15.1 Å². The third-order valence-corrected chi connectivity index (χ3v) is 4.94. The Bertz CT molecular complexity index is 954. The molecule has 0 radical (unpaired) electrons. The molecule has 0 atom stereocenters. The molecule has 0 aliphatic heterocycles. The Morgan fingerprint density at radius 3 is 2.52 bits per heavy atom. The molecule has 3 rings (SSSR count). The first-order chi connectivity index (χ1) is 14.0. The highest BCUT2D eigenvalue weighted by molar-refractivity contribution is 6.33. The molecule has 0 unspecified atom stereocenters. The van der Waals surface area contributed by atoms with Crippen LogP contribution in [0.2, 0.25) is 5.02 Å². The van der Waals surface area contributed by atoms with Crippen LogP contribution >= 0.6 is 11.6 Å². The highest BCUT2D eigenvalue weighted by atomic mass is 35.5. The fourth-order valence-corrected chi connectivity index (χ4v) is 3.17. The number of aryl methyl sites for hydroxylation is 1. The minimum atomic E-state index is 0.00836. The minimum absolute atomic E-state index is 0.00836. The van der Waals surface area contributed by atoms with Crippen LogP contribution in [0.5, 0.6) is 5.75 Å². The summed E-state index contributed by atoms with van der Waals surface area (Å²) in [5.41, 5.74) is 1.76. The summed E-state index contributed by atoms with van der Waals surface area (Å²) in [6, 6.07) is 15.0. The van der Waals surface area contributed by atoms with E-state index in [1.807, 2.05) is 56.3 Å². The van der Waals surface area contributed by atoms with Crippen LogP contribution < -0.4 is 4.74 Å². The number of amides is 1. The van der Waals surface area contributed by atoms with Crippen LogP contribution in [0.25, 0.3) is 11.5 Å². The van der Waals surface area contributed by atoms with Crippen molar-refractivity contribution in [3.05, 3.63) is 65.0 Å². The molecule has 0 aliphatic rings. The van der Waals surface area contributed by atoms with E-state index in [-0.39, 0.29) is 18.5 Å². The second kappa shape index (κ2) is 9.56. The number of aromatic nitrogens is 2. The maximum atomic E-state index is 12.8. The lowest BCUT2D eigenvalue weighted by atomic mass is 10.1. The molecule has 0 saturated carbocycles. The van der Waals surface area contributed by atoms with Gasteiger partial charge in [0.25, 0.3) is 0 Å². The monoisotopic (exact) mass is 413 g/mol. The van der Waals surface area contributed by atoms with E-state index in [0.717, 1.165) is 11.3 Å². The smallest absolute Gasteiger partial charge is 0.249 e. The third-order valence-electron chi connectivity index (χ3n) is 4.61. The van der Waals surface area contributed by atoms with E-state index in [1.54, 1.807) is 18.1 Å². The molecule has 0 aliphatic carbocycles. The number of hydrogen-bond donors (Lipinski definition) is 0. The van der Waals surface area contributed by atoms with Gasteiger partial charge in [0.05, 0.1) is 24.2 Å². The van der Waals surface area contributed by atoms with Gasteiger partial charge >= 0.3 is 0 Å². The fraction of sp³-hybridized carbons (Fsp3) is 0.318. The molecule has 1 amide bonds. The first kappa shape index (κ1) is 20.9. The minimum Gasteiger partial charge on any atom is -0.497 e.